The summed E-state index contributed by atoms with van der Waals surface area (Å²) in [5, 5.41) is 0. The van der Waals surface area contributed by atoms with E-state index in [1.807, 2.05) is 64.1 Å². The summed E-state index contributed by atoms with van der Waals surface area (Å²) in [6.07, 6.45) is 1.83. The Labute approximate surface area is 237 Å². The van der Waals surface area contributed by atoms with Gasteiger partial charge in [-0.1, -0.05) is 44.2 Å². The normalized spacial score (nSPS) is 18.5. The van der Waals surface area contributed by atoms with Crippen molar-refractivity contribution in [3.05, 3.63) is 94.3 Å². The van der Waals surface area contributed by atoms with Crippen molar-refractivity contribution in [1.82, 2.24) is 4.90 Å². The number of halogens is 2. The molecule has 2 aliphatic heterocycles. The monoisotopic (exact) mass is 567 g/mol. The van der Waals surface area contributed by atoms with Crippen molar-refractivity contribution in [3.63, 3.8) is 0 Å². The van der Waals surface area contributed by atoms with Gasteiger partial charge in [-0.3, -0.25) is 9.29 Å². The summed E-state index contributed by atoms with van der Waals surface area (Å²) in [6, 6.07) is 18.0. The van der Waals surface area contributed by atoms with Crippen molar-refractivity contribution >= 4 is 21.0 Å². The summed E-state index contributed by atoms with van der Waals surface area (Å²) in [7, 11) is -3.51. The van der Waals surface area contributed by atoms with E-state index < -0.39 is 9.84 Å². The van der Waals surface area contributed by atoms with Crippen LogP contribution in [0, 0.1) is 19.7 Å². The lowest BCUT2D eigenvalue weighted by atomic mass is 9.86. The van der Waals surface area contributed by atoms with Gasteiger partial charge in [-0.2, -0.15) is 0 Å². The highest BCUT2D eigenvalue weighted by molar-refractivity contribution is 7.91. The number of aryl methyl sites for hydroxylation is 2. The van der Waals surface area contributed by atoms with Crippen LogP contribution in [-0.2, 0) is 9.84 Å². The molecule has 0 N–H and O–H groups in total. The standard InChI is InChI=1S/C31H33F2NO3S.C2H6/c1-21-4-10-29-30(18-21)38(35,36)17-13-28(27-11-7-24(33)19-22(27)2)31(29)23-5-8-25(9-6-23)37-26-12-16-34(20-26)15-3-14-32;1-2/h4-11,18-19,26H,3,12-17,20H2,1-2H3;1-2H3/t26-;/m0./s1. The Morgan fingerprint density at radius 2 is 1.70 bits per heavy atom. The molecule has 7 heteroatoms. The molecule has 1 fully saturated rings. The quantitative estimate of drug-likeness (QED) is 0.298. The number of sulfone groups is 1. The maximum Gasteiger partial charge on any atom is 0.179 e. The van der Waals surface area contributed by atoms with Gasteiger partial charge in [0.25, 0.3) is 0 Å². The number of nitrogens with zero attached hydrogens (tertiary/aromatic N) is 1. The van der Waals surface area contributed by atoms with Gasteiger partial charge in [-0.25, -0.2) is 12.8 Å². The molecule has 2 heterocycles. The van der Waals surface area contributed by atoms with Crippen LogP contribution in [0.3, 0.4) is 0 Å². The summed E-state index contributed by atoms with van der Waals surface area (Å²) in [6.45, 7) is 9.88. The van der Waals surface area contributed by atoms with Gasteiger partial charge in [0.2, 0.25) is 0 Å². The van der Waals surface area contributed by atoms with Gasteiger partial charge >= 0.3 is 0 Å². The van der Waals surface area contributed by atoms with Crippen LogP contribution in [0.2, 0.25) is 0 Å². The van der Waals surface area contributed by atoms with Gasteiger partial charge in [0.1, 0.15) is 17.7 Å². The molecule has 0 saturated carbocycles. The number of alkyl halides is 1. The Kier molecular flexibility index (Phi) is 9.80. The summed E-state index contributed by atoms with van der Waals surface area (Å²) in [5.41, 5.74) is 5.79. The number of allylic oxidation sites excluding steroid dienone is 1. The average Bonchev–Trinajstić information content (AvgIpc) is 3.35. The lowest BCUT2D eigenvalue weighted by Gasteiger charge is -2.19. The second-order valence-corrected chi connectivity index (χ2v) is 12.4. The van der Waals surface area contributed by atoms with Crippen LogP contribution in [0.1, 0.15) is 60.9 Å². The van der Waals surface area contributed by atoms with Crippen molar-refractivity contribution in [2.45, 2.75) is 58.0 Å². The highest BCUT2D eigenvalue weighted by atomic mass is 32.2. The van der Waals surface area contributed by atoms with E-state index in [9.17, 15) is 17.2 Å². The van der Waals surface area contributed by atoms with Crippen LogP contribution in [-0.4, -0.2) is 51.5 Å². The highest BCUT2D eigenvalue weighted by Crippen LogP contribution is 2.42. The zero-order valence-corrected chi connectivity index (χ0v) is 24.7. The van der Waals surface area contributed by atoms with Crippen LogP contribution in [0.25, 0.3) is 11.1 Å². The number of ether oxygens (including phenoxy) is 1. The maximum absolute atomic E-state index is 14.0. The minimum atomic E-state index is -3.51. The van der Waals surface area contributed by atoms with Crippen LogP contribution in [0.4, 0.5) is 8.78 Å². The van der Waals surface area contributed by atoms with Gasteiger partial charge in [0, 0.05) is 25.2 Å². The zero-order valence-electron chi connectivity index (χ0n) is 23.8. The summed E-state index contributed by atoms with van der Waals surface area (Å²) in [4.78, 5) is 2.56. The minimum Gasteiger partial charge on any atom is -0.489 e. The molecule has 3 aromatic rings. The fourth-order valence-corrected chi connectivity index (χ4v) is 7.13. The molecule has 0 unspecified atom stereocenters. The Balaban J connectivity index is 0.00000181. The highest BCUT2D eigenvalue weighted by Gasteiger charge is 2.29. The third-order valence-electron chi connectivity index (χ3n) is 7.46. The molecule has 0 spiro atoms. The molecule has 0 aliphatic carbocycles. The number of likely N-dealkylation sites (tertiary alicyclic amines) is 1. The lowest BCUT2D eigenvalue weighted by molar-refractivity contribution is 0.198. The fraction of sp³-hybridized carbons (Fsp3) is 0.394. The number of hydrogen-bond acceptors (Lipinski definition) is 4. The Bertz CT molecular complexity index is 1470. The van der Waals surface area contributed by atoms with Crippen LogP contribution in [0.5, 0.6) is 5.75 Å². The third-order valence-corrected chi connectivity index (χ3v) is 9.21. The Morgan fingerprint density at radius 1 is 0.975 bits per heavy atom. The third kappa shape index (κ3) is 6.64. The molecule has 40 heavy (non-hydrogen) atoms. The van der Waals surface area contributed by atoms with Gasteiger partial charge in [0.15, 0.2) is 9.84 Å². The second kappa shape index (κ2) is 13.1. The van der Waals surface area contributed by atoms with Crippen molar-refractivity contribution < 1.29 is 21.9 Å². The van der Waals surface area contributed by atoms with Gasteiger partial charge < -0.3 is 4.74 Å². The summed E-state index contributed by atoms with van der Waals surface area (Å²) >= 11 is 0. The van der Waals surface area contributed by atoms with Gasteiger partial charge in [-0.05, 0) is 96.8 Å². The van der Waals surface area contributed by atoms with Crippen molar-refractivity contribution in [1.29, 1.82) is 0 Å². The predicted molar refractivity (Wildman–Crippen MR) is 159 cm³/mol. The van der Waals surface area contributed by atoms with E-state index in [0.29, 0.717) is 23.3 Å². The molecule has 214 valence electrons. The number of benzene rings is 3. The van der Waals surface area contributed by atoms with Crippen LogP contribution >= 0.6 is 0 Å². The molecule has 2 aliphatic rings. The van der Waals surface area contributed by atoms with Crippen molar-refractivity contribution in [3.8, 4) is 5.75 Å². The Hall–Kier alpha value is -3.03. The Morgan fingerprint density at radius 3 is 2.40 bits per heavy atom. The molecule has 5 rings (SSSR count). The van der Waals surface area contributed by atoms with E-state index in [-0.39, 0.29) is 24.3 Å². The predicted octanol–water partition coefficient (Wildman–Crippen LogP) is 7.42. The number of fused-ring (bicyclic) bond motifs is 1. The molecule has 0 radical (unpaired) electrons. The smallest absolute Gasteiger partial charge is 0.179 e. The summed E-state index contributed by atoms with van der Waals surface area (Å²) < 4.78 is 59.4. The topological polar surface area (TPSA) is 46.6 Å². The van der Waals surface area contributed by atoms with Gasteiger partial charge in [-0.15, -0.1) is 0 Å². The number of hydrogen-bond donors (Lipinski definition) is 0. The molecule has 3 aromatic carbocycles. The summed E-state index contributed by atoms with van der Waals surface area (Å²) in [5.74, 6) is 0.417. The maximum atomic E-state index is 14.0. The molecule has 1 atom stereocenters. The van der Waals surface area contributed by atoms with Gasteiger partial charge in [0.05, 0.1) is 17.3 Å². The van der Waals surface area contributed by atoms with E-state index in [0.717, 1.165) is 65.2 Å². The van der Waals surface area contributed by atoms with Crippen molar-refractivity contribution in [2.24, 2.45) is 0 Å². The minimum absolute atomic E-state index is 0.0130. The first-order chi connectivity index (χ1) is 19.2. The molecule has 1 saturated heterocycles. The molecular weight excluding hydrogens is 528 g/mol. The largest absolute Gasteiger partial charge is 0.489 e. The van der Waals surface area contributed by atoms with Crippen molar-refractivity contribution in [2.75, 3.05) is 32.1 Å². The van der Waals surface area contributed by atoms with Crippen LogP contribution in [0.15, 0.2) is 65.6 Å². The van der Waals surface area contributed by atoms with Crippen LogP contribution < -0.4 is 4.74 Å². The average molecular weight is 568 g/mol. The molecule has 4 nitrogen and oxygen atoms in total. The SMILES string of the molecule is CC.Cc1ccc2c(c1)S(=O)(=O)CCC(c1ccc(F)cc1C)=C2c1ccc(O[C@H]2CCN(CCCF)C2)cc1. The fourth-order valence-electron chi connectivity index (χ4n) is 5.56. The molecular formula is C33H39F2NO3S. The zero-order chi connectivity index (χ0) is 28.9. The first-order valence-electron chi connectivity index (χ1n) is 14.1. The van der Waals surface area contributed by atoms with E-state index in [4.69, 9.17) is 4.74 Å². The van der Waals surface area contributed by atoms with E-state index in [1.54, 1.807) is 12.1 Å². The van der Waals surface area contributed by atoms with E-state index >= 15 is 0 Å². The second-order valence-electron chi connectivity index (χ2n) is 10.3. The number of rotatable bonds is 7. The first-order valence-corrected chi connectivity index (χ1v) is 15.8. The molecule has 0 bridgehead atoms. The first kappa shape index (κ1) is 29.9. The van der Waals surface area contributed by atoms with E-state index in [1.165, 1.54) is 12.1 Å². The molecule has 0 amide bonds. The lowest BCUT2D eigenvalue weighted by Crippen LogP contribution is -2.26. The van der Waals surface area contributed by atoms with E-state index in [2.05, 4.69) is 4.90 Å². The molecule has 0 aromatic heterocycles.